The molecule has 0 amide bonds. The Morgan fingerprint density at radius 3 is 1.76 bits per heavy atom. The Hall–Kier alpha value is -7.16. The summed E-state index contributed by atoms with van der Waals surface area (Å²) in [6.07, 6.45) is 0. The van der Waals surface area contributed by atoms with E-state index in [-0.39, 0.29) is 0 Å². The highest BCUT2D eigenvalue weighted by molar-refractivity contribution is 6.17. The van der Waals surface area contributed by atoms with Crippen LogP contribution in [-0.2, 0) is 5.41 Å². The Morgan fingerprint density at radius 1 is 0.364 bits per heavy atom. The summed E-state index contributed by atoms with van der Waals surface area (Å²) in [7, 11) is 0. The van der Waals surface area contributed by atoms with Crippen LogP contribution in [0.5, 0.6) is 0 Å². The smallest absolute Gasteiger partial charge is 0.143 e. The van der Waals surface area contributed by atoms with Crippen molar-refractivity contribution in [3.8, 4) is 33.4 Å². The van der Waals surface area contributed by atoms with Crippen LogP contribution in [0, 0.1) is 0 Å². The highest BCUT2D eigenvalue weighted by Gasteiger charge is 2.45. The Kier molecular flexibility index (Phi) is 7.11. The molecule has 258 valence electrons. The molecule has 1 heterocycles. The largest absolute Gasteiger partial charge is 0.455 e. The molecule has 0 aliphatic heterocycles. The summed E-state index contributed by atoms with van der Waals surface area (Å²) < 4.78 is 6.64. The quantitative estimate of drug-likeness (QED) is 0.187. The Morgan fingerprint density at radius 2 is 0.964 bits per heavy atom. The van der Waals surface area contributed by atoms with E-state index in [1.165, 1.54) is 44.3 Å². The number of hydrogen-bond acceptors (Lipinski definition) is 2. The van der Waals surface area contributed by atoms with Crippen molar-refractivity contribution < 1.29 is 4.42 Å². The van der Waals surface area contributed by atoms with E-state index in [1.807, 2.05) is 0 Å². The van der Waals surface area contributed by atoms with Crippen LogP contribution in [-0.4, -0.2) is 0 Å². The van der Waals surface area contributed by atoms with Gasteiger partial charge in [0.05, 0.1) is 5.41 Å². The first kappa shape index (κ1) is 31.4. The van der Waals surface area contributed by atoms with Gasteiger partial charge in [-0.05, 0) is 80.2 Å². The number of nitrogens with one attached hydrogen (secondary N) is 1. The summed E-state index contributed by atoms with van der Waals surface area (Å²) in [5, 5.41) is 8.36. The molecule has 0 radical (unpaired) electrons. The molecule has 9 aromatic carbocycles. The molecular weight excluding hydrogens is 667 g/mol. The van der Waals surface area contributed by atoms with Crippen LogP contribution in [0.2, 0.25) is 0 Å². The summed E-state index contributed by atoms with van der Waals surface area (Å²) in [5.74, 6) is 0. The average molecular weight is 702 g/mol. The first-order valence-corrected chi connectivity index (χ1v) is 18.9. The minimum Gasteiger partial charge on any atom is -0.455 e. The third-order valence-electron chi connectivity index (χ3n) is 11.6. The van der Waals surface area contributed by atoms with E-state index in [0.717, 1.165) is 55.4 Å². The lowest BCUT2D eigenvalue weighted by Gasteiger charge is -2.33. The van der Waals surface area contributed by atoms with Crippen LogP contribution < -0.4 is 5.32 Å². The van der Waals surface area contributed by atoms with Gasteiger partial charge in [0.15, 0.2) is 0 Å². The molecule has 55 heavy (non-hydrogen) atoms. The lowest BCUT2D eigenvalue weighted by atomic mass is 9.67. The van der Waals surface area contributed by atoms with E-state index < -0.39 is 5.41 Å². The van der Waals surface area contributed by atoms with Gasteiger partial charge in [-0.3, -0.25) is 0 Å². The SMILES string of the molecule is c1ccc(C2(c3ccccc3)c3ccccc3-c3cc(-c4ccccc4Nc4ccc(-c5cccc6c5oc5c7ccccc7ccc65)cc4)ccc32)cc1. The summed E-state index contributed by atoms with van der Waals surface area (Å²) >= 11 is 0. The third-order valence-corrected chi connectivity index (χ3v) is 11.6. The van der Waals surface area contributed by atoms with Gasteiger partial charge in [-0.1, -0.05) is 176 Å². The molecular formula is C53H35NO. The fourth-order valence-electron chi connectivity index (χ4n) is 9.10. The summed E-state index contributed by atoms with van der Waals surface area (Å²) in [6, 6.07) is 74.5. The standard InChI is InChI=1S/C53H35NO/c1-3-15-38(16-4-1)53(39-17-5-2-6-18-39)48-24-11-9-21-44(48)47-34-37(29-33-49(47)53)41-19-10-12-25-50(41)54-40-30-26-36(27-31-40)43-22-13-23-45-46-32-28-35-14-7-8-20-42(35)52(46)55-51(43)45/h1-34,54H. The van der Waals surface area contributed by atoms with Gasteiger partial charge in [0.2, 0.25) is 0 Å². The lowest BCUT2D eigenvalue weighted by molar-refractivity contribution is 0.674. The predicted molar refractivity (Wildman–Crippen MR) is 229 cm³/mol. The van der Waals surface area contributed by atoms with E-state index >= 15 is 0 Å². The molecule has 0 fully saturated rings. The molecule has 10 aromatic rings. The van der Waals surface area contributed by atoms with Crippen molar-refractivity contribution in [1.29, 1.82) is 0 Å². The van der Waals surface area contributed by atoms with Gasteiger partial charge in [0.25, 0.3) is 0 Å². The van der Waals surface area contributed by atoms with Crippen LogP contribution in [0.4, 0.5) is 11.4 Å². The molecule has 2 nitrogen and oxygen atoms in total. The zero-order valence-corrected chi connectivity index (χ0v) is 30.0. The predicted octanol–water partition coefficient (Wildman–Crippen LogP) is 14.2. The molecule has 1 N–H and O–H groups in total. The molecule has 1 aromatic heterocycles. The molecule has 1 aliphatic rings. The molecule has 0 atom stereocenters. The Bertz CT molecular complexity index is 3010. The van der Waals surface area contributed by atoms with Crippen molar-refractivity contribution in [2.45, 2.75) is 5.41 Å². The van der Waals surface area contributed by atoms with E-state index in [4.69, 9.17) is 4.42 Å². The van der Waals surface area contributed by atoms with Gasteiger partial charge in [-0.15, -0.1) is 0 Å². The Balaban J connectivity index is 0.970. The molecule has 11 rings (SSSR count). The zero-order valence-electron chi connectivity index (χ0n) is 30.0. The molecule has 2 heteroatoms. The van der Waals surface area contributed by atoms with Crippen molar-refractivity contribution >= 4 is 44.1 Å². The number of benzene rings is 9. The summed E-state index contributed by atoms with van der Waals surface area (Å²) in [6.45, 7) is 0. The van der Waals surface area contributed by atoms with Gasteiger partial charge in [0, 0.05) is 38.7 Å². The van der Waals surface area contributed by atoms with Crippen molar-refractivity contribution in [1.82, 2.24) is 0 Å². The second-order valence-electron chi connectivity index (χ2n) is 14.5. The van der Waals surface area contributed by atoms with Crippen LogP contribution in [0.1, 0.15) is 22.3 Å². The van der Waals surface area contributed by atoms with Gasteiger partial charge in [-0.2, -0.15) is 0 Å². The average Bonchev–Trinajstić information content (AvgIpc) is 3.79. The number of furan rings is 1. The maximum absolute atomic E-state index is 6.64. The normalized spacial score (nSPS) is 12.9. The molecule has 0 bridgehead atoms. The van der Waals surface area contributed by atoms with Gasteiger partial charge in [0.1, 0.15) is 11.2 Å². The van der Waals surface area contributed by atoms with Crippen LogP contribution in [0.3, 0.4) is 0 Å². The topological polar surface area (TPSA) is 25.2 Å². The molecule has 0 unspecified atom stereocenters. The second kappa shape index (κ2) is 12.5. The molecule has 0 saturated carbocycles. The molecule has 0 spiro atoms. The number of fused-ring (bicyclic) bond motifs is 8. The maximum atomic E-state index is 6.64. The van der Waals surface area contributed by atoms with Crippen LogP contribution >= 0.6 is 0 Å². The van der Waals surface area contributed by atoms with Crippen molar-refractivity contribution in [3.63, 3.8) is 0 Å². The van der Waals surface area contributed by atoms with Gasteiger partial charge in [-0.25, -0.2) is 0 Å². The number of hydrogen-bond donors (Lipinski definition) is 1. The second-order valence-corrected chi connectivity index (χ2v) is 14.5. The van der Waals surface area contributed by atoms with Crippen LogP contribution in [0.25, 0.3) is 66.1 Å². The maximum Gasteiger partial charge on any atom is 0.143 e. The van der Waals surface area contributed by atoms with E-state index in [9.17, 15) is 0 Å². The minimum absolute atomic E-state index is 0.410. The Labute approximate surface area is 320 Å². The highest BCUT2D eigenvalue weighted by atomic mass is 16.3. The minimum atomic E-state index is -0.410. The van der Waals surface area contributed by atoms with E-state index in [0.29, 0.717) is 0 Å². The highest BCUT2D eigenvalue weighted by Crippen LogP contribution is 2.56. The molecule has 0 saturated heterocycles. The summed E-state index contributed by atoms with van der Waals surface area (Å²) in [5.41, 5.74) is 15.8. The van der Waals surface area contributed by atoms with E-state index in [2.05, 4.69) is 212 Å². The number of para-hydroxylation sites is 2. The van der Waals surface area contributed by atoms with Crippen LogP contribution in [0.15, 0.2) is 211 Å². The first-order chi connectivity index (χ1) is 27.3. The van der Waals surface area contributed by atoms with Crippen molar-refractivity contribution in [2.75, 3.05) is 5.32 Å². The van der Waals surface area contributed by atoms with E-state index in [1.54, 1.807) is 0 Å². The third kappa shape index (κ3) is 4.82. The zero-order chi connectivity index (χ0) is 36.3. The fraction of sp³-hybridized carbons (Fsp3) is 0.0189. The fourth-order valence-corrected chi connectivity index (χ4v) is 9.10. The van der Waals surface area contributed by atoms with Crippen molar-refractivity contribution in [3.05, 3.63) is 229 Å². The molecule has 1 aliphatic carbocycles. The number of rotatable bonds is 6. The van der Waals surface area contributed by atoms with Crippen molar-refractivity contribution in [2.24, 2.45) is 0 Å². The summed E-state index contributed by atoms with van der Waals surface area (Å²) in [4.78, 5) is 0. The number of anilines is 2. The monoisotopic (exact) mass is 701 g/mol. The lowest BCUT2D eigenvalue weighted by Crippen LogP contribution is -2.28. The first-order valence-electron chi connectivity index (χ1n) is 18.9. The van der Waals surface area contributed by atoms with Gasteiger partial charge >= 0.3 is 0 Å². The van der Waals surface area contributed by atoms with Gasteiger partial charge < -0.3 is 9.73 Å².